The first-order chi connectivity index (χ1) is 9.99. The zero-order valence-electron chi connectivity index (χ0n) is 12.3. The van der Waals surface area contributed by atoms with E-state index in [-0.39, 0.29) is 11.8 Å². The number of sulfone groups is 1. The molecule has 0 saturated carbocycles. The van der Waals surface area contributed by atoms with Gasteiger partial charge in [-0.3, -0.25) is 0 Å². The lowest BCUT2D eigenvalue weighted by atomic mass is 10.1. The number of hydrogen-bond acceptors (Lipinski definition) is 6. The summed E-state index contributed by atoms with van der Waals surface area (Å²) in [5.41, 5.74) is 0.868. The molecule has 1 aliphatic rings. The summed E-state index contributed by atoms with van der Waals surface area (Å²) in [5, 5.41) is 4.42. The molecule has 6 nitrogen and oxygen atoms in total. The van der Waals surface area contributed by atoms with E-state index < -0.39 is 9.84 Å². The van der Waals surface area contributed by atoms with Crippen LogP contribution in [0.15, 0.2) is 23.6 Å². The van der Waals surface area contributed by atoms with Gasteiger partial charge in [0.15, 0.2) is 21.3 Å². The van der Waals surface area contributed by atoms with Crippen molar-refractivity contribution in [1.29, 1.82) is 0 Å². The van der Waals surface area contributed by atoms with Crippen molar-refractivity contribution in [2.75, 3.05) is 27.1 Å². The Hall–Kier alpha value is -1.73. The molecule has 0 radical (unpaired) electrons. The van der Waals surface area contributed by atoms with Crippen LogP contribution in [-0.4, -0.2) is 41.5 Å². The lowest BCUT2D eigenvalue weighted by Crippen LogP contribution is -2.29. The number of nitrogens with one attached hydrogen (secondary N) is 1. The third kappa shape index (κ3) is 3.68. The Kier molecular flexibility index (Phi) is 4.74. The van der Waals surface area contributed by atoms with E-state index in [1.165, 1.54) is 5.41 Å². The number of rotatable bonds is 6. The van der Waals surface area contributed by atoms with E-state index in [1.54, 1.807) is 33.5 Å². The molecule has 0 bridgehead atoms. The first kappa shape index (κ1) is 15.7. The van der Waals surface area contributed by atoms with Gasteiger partial charge in [0.05, 0.1) is 27.1 Å². The highest BCUT2D eigenvalue weighted by Gasteiger charge is 2.21. The molecule has 1 aromatic carbocycles. The summed E-state index contributed by atoms with van der Waals surface area (Å²) in [4.78, 5) is 0. The van der Waals surface area contributed by atoms with Crippen molar-refractivity contribution in [2.45, 2.75) is 12.6 Å². The minimum Gasteiger partial charge on any atom is -0.496 e. The van der Waals surface area contributed by atoms with Gasteiger partial charge in [-0.2, -0.15) is 0 Å². The van der Waals surface area contributed by atoms with Crippen LogP contribution in [0, 0.1) is 0 Å². The second-order valence-corrected chi connectivity index (χ2v) is 6.60. The van der Waals surface area contributed by atoms with Gasteiger partial charge in [0.25, 0.3) is 0 Å². The van der Waals surface area contributed by atoms with Crippen LogP contribution in [0.5, 0.6) is 17.2 Å². The van der Waals surface area contributed by atoms with E-state index in [9.17, 15) is 8.42 Å². The summed E-state index contributed by atoms with van der Waals surface area (Å²) in [6, 6.07) is 3.38. The Morgan fingerprint density at radius 1 is 1.10 bits per heavy atom. The summed E-state index contributed by atoms with van der Waals surface area (Å²) in [5.74, 6) is 1.93. The Balaban J connectivity index is 2.14. The van der Waals surface area contributed by atoms with Crippen molar-refractivity contribution in [3.05, 3.63) is 29.2 Å². The molecule has 21 heavy (non-hydrogen) atoms. The van der Waals surface area contributed by atoms with Gasteiger partial charge in [-0.15, -0.1) is 0 Å². The number of benzene rings is 1. The summed E-state index contributed by atoms with van der Waals surface area (Å²) in [7, 11) is 1.64. The zero-order valence-corrected chi connectivity index (χ0v) is 13.1. The van der Waals surface area contributed by atoms with Crippen LogP contribution in [-0.2, 0) is 16.4 Å². The highest BCUT2D eigenvalue weighted by atomic mass is 32.2. The van der Waals surface area contributed by atoms with Crippen molar-refractivity contribution in [1.82, 2.24) is 5.32 Å². The fourth-order valence-electron chi connectivity index (χ4n) is 2.17. The maximum absolute atomic E-state index is 11.4. The van der Waals surface area contributed by atoms with E-state index in [4.69, 9.17) is 14.2 Å². The van der Waals surface area contributed by atoms with Crippen LogP contribution in [0.1, 0.15) is 5.56 Å². The van der Waals surface area contributed by atoms with Crippen LogP contribution in [0.4, 0.5) is 0 Å². The third-order valence-corrected chi connectivity index (χ3v) is 4.67. The smallest absolute Gasteiger partial charge is 0.173 e. The van der Waals surface area contributed by atoms with Gasteiger partial charge in [0, 0.05) is 29.6 Å². The fourth-order valence-corrected chi connectivity index (χ4v) is 3.44. The highest BCUT2D eigenvalue weighted by Crippen LogP contribution is 2.34. The van der Waals surface area contributed by atoms with Crippen molar-refractivity contribution < 1.29 is 22.6 Å². The third-order valence-electron chi connectivity index (χ3n) is 3.27. The maximum atomic E-state index is 11.4. The average molecular weight is 313 g/mol. The van der Waals surface area contributed by atoms with Gasteiger partial charge in [-0.1, -0.05) is 6.08 Å². The minimum atomic E-state index is -3.06. The van der Waals surface area contributed by atoms with Gasteiger partial charge in [-0.05, 0) is 6.07 Å². The molecular formula is C14H19NO5S. The van der Waals surface area contributed by atoms with Crippen molar-refractivity contribution in [3.63, 3.8) is 0 Å². The first-order valence-electron chi connectivity index (χ1n) is 6.42. The second kappa shape index (κ2) is 6.36. The van der Waals surface area contributed by atoms with Gasteiger partial charge < -0.3 is 19.5 Å². The van der Waals surface area contributed by atoms with Crippen LogP contribution in [0.3, 0.4) is 0 Å². The molecule has 1 N–H and O–H groups in total. The molecule has 0 fully saturated rings. The Bertz CT molecular complexity index is 639. The zero-order chi connectivity index (χ0) is 15.5. The molecule has 7 heteroatoms. The summed E-state index contributed by atoms with van der Waals surface area (Å²) in [6.45, 7) is 0.466. The van der Waals surface area contributed by atoms with Crippen LogP contribution >= 0.6 is 0 Å². The predicted octanol–water partition coefficient (Wildman–Crippen LogP) is 1.11. The molecule has 1 unspecified atom stereocenters. The summed E-state index contributed by atoms with van der Waals surface area (Å²) >= 11 is 0. The average Bonchev–Trinajstić information content (AvgIpc) is 2.83. The Morgan fingerprint density at radius 3 is 2.24 bits per heavy atom. The van der Waals surface area contributed by atoms with E-state index >= 15 is 0 Å². The summed E-state index contributed by atoms with van der Waals surface area (Å²) in [6.07, 6.45) is 1.66. The largest absolute Gasteiger partial charge is 0.496 e. The topological polar surface area (TPSA) is 73.9 Å². The fraction of sp³-hybridized carbons (Fsp3) is 0.429. The van der Waals surface area contributed by atoms with Gasteiger partial charge in [0.1, 0.15) is 5.75 Å². The molecule has 116 valence electrons. The molecule has 0 saturated heterocycles. The monoisotopic (exact) mass is 313 g/mol. The number of hydrogen-bond donors (Lipinski definition) is 1. The van der Waals surface area contributed by atoms with Crippen molar-refractivity contribution >= 4 is 9.84 Å². The van der Waals surface area contributed by atoms with E-state index in [0.29, 0.717) is 23.8 Å². The molecule has 1 aromatic rings. The molecule has 1 heterocycles. The minimum absolute atomic E-state index is 0.0859. The van der Waals surface area contributed by atoms with Crippen LogP contribution < -0.4 is 19.5 Å². The van der Waals surface area contributed by atoms with Gasteiger partial charge in [0.2, 0.25) is 0 Å². The normalized spacial score (nSPS) is 19.5. The molecule has 1 atom stereocenters. The van der Waals surface area contributed by atoms with E-state index in [1.807, 2.05) is 6.07 Å². The van der Waals surface area contributed by atoms with Gasteiger partial charge >= 0.3 is 0 Å². The highest BCUT2D eigenvalue weighted by molar-refractivity contribution is 7.94. The first-order valence-corrected chi connectivity index (χ1v) is 8.14. The SMILES string of the molecule is COc1cc(OC)c(OC)cc1CNC1C=CS(=O)(=O)C1. The second-order valence-electron chi connectivity index (χ2n) is 4.66. The standard InChI is InChI=1S/C14H19NO5S/c1-18-12-7-14(20-3)13(19-2)6-10(12)8-15-11-4-5-21(16,17)9-11/h4-7,11,15H,8-9H2,1-3H3. The van der Waals surface area contributed by atoms with Crippen LogP contribution in [0.2, 0.25) is 0 Å². The quantitative estimate of drug-likeness (QED) is 0.848. The van der Waals surface area contributed by atoms with E-state index in [2.05, 4.69) is 5.32 Å². The maximum Gasteiger partial charge on any atom is 0.173 e. The molecule has 2 rings (SSSR count). The molecule has 0 spiro atoms. The van der Waals surface area contributed by atoms with Crippen LogP contribution in [0.25, 0.3) is 0 Å². The van der Waals surface area contributed by atoms with Gasteiger partial charge in [-0.25, -0.2) is 8.42 Å². The number of methoxy groups -OCH3 is 3. The Morgan fingerprint density at radius 2 is 1.71 bits per heavy atom. The van der Waals surface area contributed by atoms with Crippen molar-refractivity contribution in [2.24, 2.45) is 0 Å². The molecule has 0 aromatic heterocycles. The molecule has 0 amide bonds. The Labute approximate surface area is 124 Å². The number of ether oxygens (including phenoxy) is 3. The molecule has 0 aliphatic carbocycles. The molecule has 1 aliphatic heterocycles. The molecular weight excluding hydrogens is 294 g/mol. The van der Waals surface area contributed by atoms with E-state index in [0.717, 1.165) is 5.56 Å². The lowest BCUT2D eigenvalue weighted by molar-refractivity contribution is 0.347. The summed E-state index contributed by atoms with van der Waals surface area (Å²) < 4.78 is 38.6. The lowest BCUT2D eigenvalue weighted by Gasteiger charge is -2.16. The predicted molar refractivity (Wildman–Crippen MR) is 79.7 cm³/mol. The van der Waals surface area contributed by atoms with Crippen molar-refractivity contribution in [3.8, 4) is 17.2 Å².